The molecular weight excluding hydrogens is 277 g/mol. The molecule has 6 heteroatoms. The maximum Gasteiger partial charge on any atom is 0.340 e. The van der Waals surface area contributed by atoms with E-state index in [1.807, 2.05) is 0 Å². The number of halogens is 1. The third-order valence-corrected chi connectivity index (χ3v) is 2.63. The largest absolute Gasteiger partial charge is 0.465 e. The molecule has 21 heavy (non-hydrogen) atoms. The van der Waals surface area contributed by atoms with Crippen LogP contribution in [0.2, 0.25) is 0 Å². The van der Waals surface area contributed by atoms with E-state index in [-0.39, 0.29) is 12.0 Å². The summed E-state index contributed by atoms with van der Waals surface area (Å²) in [5.41, 5.74) is 5.55. The summed E-state index contributed by atoms with van der Waals surface area (Å²) in [6, 6.07) is 3.15. The van der Waals surface area contributed by atoms with E-state index in [9.17, 15) is 14.0 Å². The van der Waals surface area contributed by atoms with Crippen LogP contribution in [0, 0.1) is 5.82 Å². The first-order chi connectivity index (χ1) is 9.64. The molecule has 1 aromatic rings. The number of nitrogens with two attached hydrogens (primary N) is 1. The Morgan fingerprint density at radius 3 is 2.48 bits per heavy atom. The maximum atomic E-state index is 13.5. The van der Waals surface area contributed by atoms with Crippen molar-refractivity contribution in [2.75, 3.05) is 7.11 Å². The third kappa shape index (κ3) is 5.15. The van der Waals surface area contributed by atoms with Crippen molar-refractivity contribution in [3.63, 3.8) is 0 Å². The highest BCUT2D eigenvalue weighted by atomic mass is 19.1. The fourth-order valence-electron chi connectivity index (χ4n) is 1.72. The van der Waals surface area contributed by atoms with Gasteiger partial charge in [0.15, 0.2) is 0 Å². The molecule has 116 valence electrons. The van der Waals surface area contributed by atoms with E-state index < -0.39 is 29.4 Å². The van der Waals surface area contributed by atoms with Crippen molar-refractivity contribution >= 4 is 11.9 Å². The Bertz CT molecular complexity index is 537. The van der Waals surface area contributed by atoms with Crippen LogP contribution in [-0.4, -0.2) is 24.6 Å². The first kappa shape index (κ1) is 17.1. The van der Waals surface area contributed by atoms with Crippen LogP contribution < -0.4 is 5.73 Å². The Kier molecular flexibility index (Phi) is 5.43. The minimum atomic E-state index is -0.793. The molecule has 5 nitrogen and oxygen atoms in total. The second-order valence-corrected chi connectivity index (χ2v) is 5.63. The van der Waals surface area contributed by atoms with Gasteiger partial charge in [0.05, 0.1) is 19.1 Å². The van der Waals surface area contributed by atoms with E-state index in [2.05, 4.69) is 4.74 Å². The van der Waals surface area contributed by atoms with Crippen molar-refractivity contribution in [2.45, 2.75) is 38.8 Å². The van der Waals surface area contributed by atoms with Crippen molar-refractivity contribution in [3.05, 3.63) is 35.1 Å². The van der Waals surface area contributed by atoms with Gasteiger partial charge in [-0.2, -0.15) is 0 Å². The highest BCUT2D eigenvalue weighted by Crippen LogP contribution is 2.20. The van der Waals surface area contributed by atoms with E-state index in [1.165, 1.54) is 12.1 Å². The molecule has 0 aliphatic carbocycles. The van der Waals surface area contributed by atoms with E-state index in [4.69, 9.17) is 10.5 Å². The number of hydrogen-bond acceptors (Lipinski definition) is 5. The van der Waals surface area contributed by atoms with Crippen molar-refractivity contribution in [3.8, 4) is 0 Å². The molecule has 1 rings (SSSR count). The number of benzene rings is 1. The normalized spacial score (nSPS) is 12.7. The molecule has 1 unspecified atom stereocenters. The van der Waals surface area contributed by atoms with Crippen LogP contribution in [0.4, 0.5) is 4.39 Å². The van der Waals surface area contributed by atoms with Gasteiger partial charge in [-0.15, -0.1) is 0 Å². The lowest BCUT2D eigenvalue weighted by Gasteiger charge is -2.21. The van der Waals surface area contributed by atoms with Gasteiger partial charge in [-0.25, -0.2) is 9.18 Å². The Morgan fingerprint density at radius 1 is 1.33 bits per heavy atom. The van der Waals surface area contributed by atoms with E-state index in [1.54, 1.807) is 20.8 Å². The lowest BCUT2D eigenvalue weighted by molar-refractivity contribution is -0.155. The number of hydrogen-bond donors (Lipinski definition) is 1. The zero-order valence-electron chi connectivity index (χ0n) is 12.6. The zero-order valence-corrected chi connectivity index (χ0v) is 12.6. The molecule has 0 spiro atoms. The molecule has 0 fully saturated rings. The van der Waals surface area contributed by atoms with Gasteiger partial charge in [-0.1, -0.05) is 6.07 Å². The lowest BCUT2D eigenvalue weighted by atomic mass is 10.0. The summed E-state index contributed by atoms with van der Waals surface area (Å²) in [6.07, 6.45) is -0.0660. The average molecular weight is 297 g/mol. The second kappa shape index (κ2) is 6.67. The molecule has 0 radical (unpaired) electrons. The molecule has 1 atom stereocenters. The van der Waals surface area contributed by atoms with Gasteiger partial charge in [0.1, 0.15) is 11.4 Å². The standard InChI is InChI=1S/C15H20FNO4/c1-15(2,3)21-13(18)8-12(17)9-5-6-11(16)10(7-9)14(19)20-4/h5-7,12H,8,17H2,1-4H3. The predicted molar refractivity (Wildman–Crippen MR) is 75.1 cm³/mol. The predicted octanol–water partition coefficient (Wildman–Crippen LogP) is 2.34. The van der Waals surface area contributed by atoms with Gasteiger partial charge in [0.25, 0.3) is 0 Å². The van der Waals surface area contributed by atoms with E-state index in [0.29, 0.717) is 5.56 Å². The molecule has 0 bridgehead atoms. The maximum absolute atomic E-state index is 13.5. The van der Waals surface area contributed by atoms with Gasteiger partial charge >= 0.3 is 11.9 Å². The van der Waals surface area contributed by atoms with E-state index in [0.717, 1.165) is 13.2 Å². The van der Waals surface area contributed by atoms with Crippen LogP contribution in [0.1, 0.15) is 49.2 Å². The Morgan fingerprint density at radius 2 is 1.95 bits per heavy atom. The number of rotatable bonds is 4. The van der Waals surface area contributed by atoms with Crippen molar-refractivity contribution in [1.82, 2.24) is 0 Å². The molecular formula is C15H20FNO4. The van der Waals surface area contributed by atoms with Crippen LogP contribution in [0.15, 0.2) is 18.2 Å². The quantitative estimate of drug-likeness (QED) is 0.863. The Balaban J connectivity index is 2.86. The summed E-state index contributed by atoms with van der Waals surface area (Å²) in [5, 5.41) is 0. The summed E-state index contributed by atoms with van der Waals surface area (Å²) in [5.74, 6) is -1.95. The third-order valence-electron chi connectivity index (χ3n) is 2.63. The highest BCUT2D eigenvalue weighted by molar-refractivity contribution is 5.89. The number of carbonyl (C=O) groups excluding carboxylic acids is 2. The summed E-state index contributed by atoms with van der Waals surface area (Å²) in [7, 11) is 1.16. The van der Waals surface area contributed by atoms with Gasteiger partial charge in [0, 0.05) is 6.04 Å². The zero-order chi connectivity index (χ0) is 16.2. The van der Waals surface area contributed by atoms with Gasteiger partial charge in [-0.05, 0) is 38.5 Å². The summed E-state index contributed by atoms with van der Waals surface area (Å²) in [6.45, 7) is 5.26. The molecule has 0 amide bonds. The molecule has 2 N–H and O–H groups in total. The van der Waals surface area contributed by atoms with Gasteiger partial charge in [0.2, 0.25) is 0 Å². The molecule has 0 saturated carbocycles. The number of ether oxygens (including phenoxy) is 2. The van der Waals surface area contributed by atoms with Crippen molar-refractivity contribution in [2.24, 2.45) is 5.73 Å². The number of methoxy groups -OCH3 is 1. The number of carbonyl (C=O) groups is 2. The summed E-state index contributed by atoms with van der Waals surface area (Å²) in [4.78, 5) is 23.1. The monoisotopic (exact) mass is 297 g/mol. The molecule has 0 aliphatic rings. The minimum absolute atomic E-state index is 0.0660. The smallest absolute Gasteiger partial charge is 0.340 e. The SMILES string of the molecule is COC(=O)c1cc(C(N)CC(=O)OC(C)(C)C)ccc1F. The Hall–Kier alpha value is -1.95. The fraction of sp³-hybridized carbons (Fsp3) is 0.467. The first-order valence-electron chi connectivity index (χ1n) is 6.49. The molecule has 0 heterocycles. The van der Waals surface area contributed by atoms with Gasteiger partial charge < -0.3 is 15.2 Å². The van der Waals surface area contributed by atoms with Crippen LogP contribution >= 0.6 is 0 Å². The summed E-state index contributed by atoms with van der Waals surface area (Å²) >= 11 is 0. The molecule has 0 saturated heterocycles. The molecule has 0 aliphatic heterocycles. The fourth-order valence-corrected chi connectivity index (χ4v) is 1.72. The Labute approximate surface area is 123 Å². The minimum Gasteiger partial charge on any atom is -0.465 e. The topological polar surface area (TPSA) is 78.6 Å². The van der Waals surface area contributed by atoms with E-state index >= 15 is 0 Å². The molecule has 1 aromatic carbocycles. The average Bonchev–Trinajstić information content (AvgIpc) is 2.35. The van der Waals surface area contributed by atoms with Crippen molar-refractivity contribution < 1.29 is 23.5 Å². The van der Waals surface area contributed by atoms with Crippen LogP contribution in [-0.2, 0) is 14.3 Å². The number of esters is 2. The van der Waals surface area contributed by atoms with Crippen LogP contribution in [0.5, 0.6) is 0 Å². The van der Waals surface area contributed by atoms with Gasteiger partial charge in [-0.3, -0.25) is 4.79 Å². The van der Waals surface area contributed by atoms with Crippen LogP contribution in [0.3, 0.4) is 0 Å². The van der Waals surface area contributed by atoms with Crippen LogP contribution in [0.25, 0.3) is 0 Å². The highest BCUT2D eigenvalue weighted by Gasteiger charge is 2.21. The molecule has 0 aromatic heterocycles. The lowest BCUT2D eigenvalue weighted by Crippen LogP contribution is -2.26. The summed E-state index contributed by atoms with van der Waals surface area (Å²) < 4.78 is 23.2. The first-order valence-corrected chi connectivity index (χ1v) is 6.49. The van der Waals surface area contributed by atoms with Crippen molar-refractivity contribution in [1.29, 1.82) is 0 Å². The second-order valence-electron chi connectivity index (χ2n) is 5.63.